The number of esters is 1. The third kappa shape index (κ3) is 1.88. The van der Waals surface area contributed by atoms with Crippen LogP contribution in [0.4, 0.5) is 0 Å². The third-order valence-electron chi connectivity index (χ3n) is 2.92. The van der Waals surface area contributed by atoms with Crippen LogP contribution >= 0.6 is 0 Å². The Labute approximate surface area is 88.7 Å². The number of hydrogen-bond acceptors (Lipinski definition) is 3. The molecule has 3 heteroatoms. The number of methoxy groups -OCH3 is 1. The van der Waals surface area contributed by atoms with Crippen LogP contribution in [-0.2, 0) is 4.74 Å². The fourth-order valence-corrected chi connectivity index (χ4v) is 1.95. The highest BCUT2D eigenvalue weighted by atomic mass is 16.5. The van der Waals surface area contributed by atoms with Gasteiger partial charge in [0, 0.05) is 6.61 Å². The van der Waals surface area contributed by atoms with Crippen molar-refractivity contribution >= 4 is 5.97 Å². The lowest BCUT2D eigenvalue weighted by atomic mass is 10.0. The average molecular weight is 206 g/mol. The summed E-state index contributed by atoms with van der Waals surface area (Å²) < 4.78 is 4.72. The fraction of sp³-hybridized carbons (Fsp3) is 0.417. The zero-order valence-corrected chi connectivity index (χ0v) is 8.64. The maximum atomic E-state index is 11.5. The summed E-state index contributed by atoms with van der Waals surface area (Å²) in [6.45, 7) is 0.195. The number of carbonyl (C=O) groups excluding carboxylic acids is 1. The van der Waals surface area contributed by atoms with Crippen molar-refractivity contribution < 1.29 is 14.6 Å². The Balaban J connectivity index is 2.27. The molecular weight excluding hydrogens is 192 g/mol. The molecule has 1 aromatic rings. The van der Waals surface area contributed by atoms with Gasteiger partial charge in [-0.25, -0.2) is 4.79 Å². The number of ether oxygens (including phenoxy) is 1. The van der Waals surface area contributed by atoms with E-state index in [9.17, 15) is 4.79 Å². The summed E-state index contributed by atoms with van der Waals surface area (Å²) in [4.78, 5) is 11.5. The first-order chi connectivity index (χ1) is 7.27. The molecule has 2 rings (SSSR count). The highest BCUT2D eigenvalue weighted by Gasteiger charge is 2.39. The van der Waals surface area contributed by atoms with Crippen LogP contribution < -0.4 is 0 Å². The molecule has 0 unspecified atom stereocenters. The van der Waals surface area contributed by atoms with E-state index in [1.807, 2.05) is 18.2 Å². The summed E-state index contributed by atoms with van der Waals surface area (Å²) in [5.41, 5.74) is 1.63. The lowest BCUT2D eigenvalue weighted by molar-refractivity contribution is 0.0599. The topological polar surface area (TPSA) is 46.5 Å². The van der Waals surface area contributed by atoms with Gasteiger partial charge >= 0.3 is 5.97 Å². The van der Waals surface area contributed by atoms with E-state index >= 15 is 0 Å². The van der Waals surface area contributed by atoms with Crippen molar-refractivity contribution in [3.63, 3.8) is 0 Å². The molecule has 0 heterocycles. The Bertz CT molecular complexity index is 373. The predicted molar refractivity (Wildman–Crippen MR) is 55.7 cm³/mol. The zero-order valence-electron chi connectivity index (χ0n) is 8.64. The van der Waals surface area contributed by atoms with Crippen LogP contribution in [0.5, 0.6) is 0 Å². The van der Waals surface area contributed by atoms with Crippen molar-refractivity contribution in [1.82, 2.24) is 0 Å². The SMILES string of the molecule is COC(=O)c1ccccc1[C@@H]1C[C@H]1CO. The number of carbonyl (C=O) groups is 1. The van der Waals surface area contributed by atoms with Gasteiger partial charge in [-0.2, -0.15) is 0 Å². The van der Waals surface area contributed by atoms with E-state index in [2.05, 4.69) is 0 Å². The molecule has 1 fully saturated rings. The smallest absolute Gasteiger partial charge is 0.338 e. The zero-order chi connectivity index (χ0) is 10.8. The van der Waals surface area contributed by atoms with Gasteiger partial charge in [-0.15, -0.1) is 0 Å². The summed E-state index contributed by atoms with van der Waals surface area (Å²) in [5, 5.41) is 9.01. The fourth-order valence-electron chi connectivity index (χ4n) is 1.95. The monoisotopic (exact) mass is 206 g/mol. The second kappa shape index (κ2) is 4.03. The summed E-state index contributed by atoms with van der Waals surface area (Å²) in [5.74, 6) is 0.343. The van der Waals surface area contributed by atoms with Crippen LogP contribution in [0, 0.1) is 5.92 Å². The second-order valence-corrected chi connectivity index (χ2v) is 3.86. The Morgan fingerprint density at radius 2 is 2.27 bits per heavy atom. The largest absolute Gasteiger partial charge is 0.465 e. The van der Waals surface area contributed by atoms with Crippen LogP contribution in [0.15, 0.2) is 24.3 Å². The van der Waals surface area contributed by atoms with Gasteiger partial charge in [0.2, 0.25) is 0 Å². The minimum absolute atomic E-state index is 0.195. The van der Waals surface area contributed by atoms with Gasteiger partial charge in [-0.05, 0) is 29.9 Å². The number of rotatable bonds is 3. The summed E-state index contributed by atoms with van der Waals surface area (Å²) in [6.07, 6.45) is 0.963. The van der Waals surface area contributed by atoms with Crippen molar-refractivity contribution in [2.75, 3.05) is 13.7 Å². The Morgan fingerprint density at radius 3 is 2.87 bits per heavy atom. The first-order valence-electron chi connectivity index (χ1n) is 5.06. The standard InChI is InChI=1S/C12H14O3/c1-15-12(14)10-5-3-2-4-9(10)11-6-8(11)7-13/h2-5,8,11,13H,6-7H2,1H3/t8-,11+/m0/s1. The molecule has 0 bridgehead atoms. The van der Waals surface area contributed by atoms with Crippen molar-refractivity contribution in [3.8, 4) is 0 Å². The van der Waals surface area contributed by atoms with Crippen LogP contribution in [-0.4, -0.2) is 24.8 Å². The molecule has 3 nitrogen and oxygen atoms in total. The maximum absolute atomic E-state index is 11.5. The molecule has 0 aliphatic heterocycles. The summed E-state index contributed by atoms with van der Waals surface area (Å²) >= 11 is 0. The molecule has 1 aliphatic carbocycles. The van der Waals surface area contributed by atoms with Crippen LogP contribution in [0.3, 0.4) is 0 Å². The summed E-state index contributed by atoms with van der Waals surface area (Å²) in [7, 11) is 1.38. The highest BCUT2D eigenvalue weighted by molar-refractivity contribution is 5.91. The average Bonchev–Trinajstić information content (AvgIpc) is 3.07. The lowest BCUT2D eigenvalue weighted by Gasteiger charge is -2.06. The normalized spacial score (nSPS) is 23.6. The molecule has 1 saturated carbocycles. The van der Waals surface area contributed by atoms with E-state index in [1.165, 1.54) is 7.11 Å². The van der Waals surface area contributed by atoms with Gasteiger partial charge in [-0.3, -0.25) is 0 Å². The van der Waals surface area contributed by atoms with Crippen LogP contribution in [0.2, 0.25) is 0 Å². The first kappa shape index (κ1) is 10.2. The van der Waals surface area contributed by atoms with Crippen LogP contribution in [0.1, 0.15) is 28.3 Å². The number of aliphatic hydroxyl groups excluding tert-OH is 1. The molecule has 2 atom stereocenters. The molecule has 0 radical (unpaired) electrons. The van der Waals surface area contributed by atoms with Gasteiger partial charge < -0.3 is 9.84 Å². The molecule has 1 N–H and O–H groups in total. The Hall–Kier alpha value is -1.35. The van der Waals surface area contributed by atoms with Gasteiger partial charge in [0.15, 0.2) is 0 Å². The van der Waals surface area contributed by atoms with Gasteiger partial charge in [0.05, 0.1) is 12.7 Å². The molecule has 1 aliphatic rings. The van der Waals surface area contributed by atoms with Gasteiger partial charge in [0.25, 0.3) is 0 Å². The Morgan fingerprint density at radius 1 is 1.53 bits per heavy atom. The van der Waals surface area contributed by atoms with Crippen molar-refractivity contribution in [2.45, 2.75) is 12.3 Å². The second-order valence-electron chi connectivity index (χ2n) is 3.86. The van der Waals surface area contributed by atoms with E-state index in [-0.39, 0.29) is 12.6 Å². The maximum Gasteiger partial charge on any atom is 0.338 e. The lowest BCUT2D eigenvalue weighted by Crippen LogP contribution is -2.05. The van der Waals surface area contributed by atoms with E-state index in [0.717, 1.165) is 12.0 Å². The molecule has 0 aromatic heterocycles. The molecule has 0 spiro atoms. The molecule has 0 amide bonds. The summed E-state index contributed by atoms with van der Waals surface area (Å²) in [6, 6.07) is 7.45. The predicted octanol–water partition coefficient (Wildman–Crippen LogP) is 1.57. The van der Waals surface area contributed by atoms with Gasteiger partial charge in [0.1, 0.15) is 0 Å². The number of aliphatic hydroxyl groups is 1. The molecule has 80 valence electrons. The minimum atomic E-state index is -0.297. The van der Waals surface area contributed by atoms with Crippen molar-refractivity contribution in [1.29, 1.82) is 0 Å². The Kier molecular flexibility index (Phi) is 2.73. The van der Waals surface area contributed by atoms with Gasteiger partial charge in [-0.1, -0.05) is 18.2 Å². The minimum Gasteiger partial charge on any atom is -0.465 e. The van der Waals surface area contributed by atoms with Crippen LogP contribution in [0.25, 0.3) is 0 Å². The van der Waals surface area contributed by atoms with E-state index in [4.69, 9.17) is 9.84 Å². The number of benzene rings is 1. The molecule has 15 heavy (non-hydrogen) atoms. The van der Waals surface area contributed by atoms with E-state index in [0.29, 0.717) is 17.4 Å². The highest BCUT2D eigenvalue weighted by Crippen LogP contribution is 2.48. The number of hydrogen-bond donors (Lipinski definition) is 1. The quantitative estimate of drug-likeness (QED) is 0.763. The first-order valence-corrected chi connectivity index (χ1v) is 5.06. The molecule has 1 aromatic carbocycles. The molecular formula is C12H14O3. The van der Waals surface area contributed by atoms with Crippen molar-refractivity contribution in [3.05, 3.63) is 35.4 Å². The van der Waals surface area contributed by atoms with Crippen molar-refractivity contribution in [2.24, 2.45) is 5.92 Å². The molecule has 0 saturated heterocycles. The van der Waals surface area contributed by atoms with E-state index < -0.39 is 0 Å². The van der Waals surface area contributed by atoms with E-state index in [1.54, 1.807) is 6.07 Å². The third-order valence-corrected chi connectivity index (χ3v) is 2.92.